The highest BCUT2D eigenvalue weighted by molar-refractivity contribution is 5.41. The Kier molecular flexibility index (Phi) is 3.41. The Morgan fingerprint density at radius 1 is 1.06 bits per heavy atom. The lowest BCUT2D eigenvalue weighted by Gasteiger charge is -2.23. The quantitative estimate of drug-likeness (QED) is 0.833. The zero-order chi connectivity index (χ0) is 12.4. The van der Waals surface area contributed by atoms with Crippen LogP contribution in [0.5, 0.6) is 5.75 Å². The number of likely N-dealkylation sites (tertiary alicyclic amines) is 1. The van der Waals surface area contributed by atoms with Crippen LogP contribution in [-0.2, 0) is 0 Å². The molecule has 1 aliphatic heterocycles. The van der Waals surface area contributed by atoms with Gasteiger partial charge in [0.25, 0.3) is 0 Å². The Bertz CT molecular complexity index is 384. The molecule has 0 radical (unpaired) electrons. The van der Waals surface area contributed by atoms with Gasteiger partial charge in [-0.05, 0) is 43.5 Å². The largest absolute Gasteiger partial charge is 0.489 e. The Balaban J connectivity index is 1.54. The molecule has 0 bridgehead atoms. The third-order valence-corrected chi connectivity index (χ3v) is 4.20. The lowest BCUT2D eigenvalue weighted by molar-refractivity contribution is 0.178. The Morgan fingerprint density at radius 2 is 1.78 bits per heavy atom. The van der Waals surface area contributed by atoms with Gasteiger partial charge in [-0.3, -0.25) is 4.90 Å². The van der Waals surface area contributed by atoms with Crippen molar-refractivity contribution in [2.45, 2.75) is 44.2 Å². The summed E-state index contributed by atoms with van der Waals surface area (Å²) >= 11 is 0. The third kappa shape index (κ3) is 2.61. The second-order valence-corrected chi connectivity index (χ2v) is 5.53. The van der Waals surface area contributed by atoms with Crippen molar-refractivity contribution in [2.24, 2.45) is 0 Å². The average molecular weight is 246 g/mol. The van der Waals surface area contributed by atoms with Gasteiger partial charge in [0.15, 0.2) is 0 Å². The van der Waals surface area contributed by atoms with E-state index in [0.717, 1.165) is 30.4 Å². The molecule has 1 unspecified atom stereocenters. The molecule has 1 saturated heterocycles. The summed E-state index contributed by atoms with van der Waals surface area (Å²) in [7, 11) is 0. The van der Waals surface area contributed by atoms with Crippen molar-refractivity contribution >= 4 is 5.69 Å². The average Bonchev–Trinajstić information content (AvgIpc) is 3.02. The van der Waals surface area contributed by atoms with Crippen LogP contribution in [0.4, 0.5) is 5.69 Å². The van der Waals surface area contributed by atoms with Gasteiger partial charge in [-0.15, -0.1) is 0 Å². The van der Waals surface area contributed by atoms with E-state index < -0.39 is 0 Å². The number of rotatable bonds is 3. The Hall–Kier alpha value is -1.22. The number of ether oxygens (including phenoxy) is 1. The minimum Gasteiger partial charge on any atom is -0.489 e. The van der Waals surface area contributed by atoms with E-state index in [4.69, 9.17) is 10.5 Å². The minimum atomic E-state index is 0.356. The zero-order valence-electron chi connectivity index (χ0n) is 10.8. The molecule has 3 nitrogen and oxygen atoms in total. The zero-order valence-corrected chi connectivity index (χ0v) is 10.8. The minimum absolute atomic E-state index is 0.356. The molecule has 3 heteroatoms. The fourth-order valence-corrected chi connectivity index (χ4v) is 3.19. The van der Waals surface area contributed by atoms with Gasteiger partial charge in [-0.1, -0.05) is 12.8 Å². The molecule has 2 aliphatic rings. The maximum absolute atomic E-state index is 6.02. The predicted octanol–water partition coefficient (Wildman–Crippen LogP) is 2.66. The van der Waals surface area contributed by atoms with E-state index in [1.54, 1.807) is 0 Å². The summed E-state index contributed by atoms with van der Waals surface area (Å²) in [5.74, 6) is 0.947. The van der Waals surface area contributed by atoms with Gasteiger partial charge in [0.05, 0.1) is 0 Å². The number of nitrogens with zero attached hydrogens (tertiary/aromatic N) is 1. The number of hydrogen-bond acceptors (Lipinski definition) is 3. The Labute approximate surface area is 109 Å². The number of nitrogen functional groups attached to an aromatic ring is 1. The van der Waals surface area contributed by atoms with E-state index in [0.29, 0.717) is 6.10 Å². The molecule has 1 aromatic rings. The molecular formula is C15H22N2O. The summed E-state index contributed by atoms with van der Waals surface area (Å²) < 4.78 is 6.02. The van der Waals surface area contributed by atoms with Crippen LogP contribution in [0.25, 0.3) is 0 Å². The van der Waals surface area contributed by atoms with Crippen molar-refractivity contribution in [3.05, 3.63) is 24.3 Å². The fourth-order valence-electron chi connectivity index (χ4n) is 3.19. The lowest BCUT2D eigenvalue weighted by atomic mass is 10.2. The van der Waals surface area contributed by atoms with Crippen LogP contribution in [0.2, 0.25) is 0 Å². The maximum atomic E-state index is 6.02. The van der Waals surface area contributed by atoms with Gasteiger partial charge in [-0.2, -0.15) is 0 Å². The second kappa shape index (κ2) is 5.19. The Morgan fingerprint density at radius 3 is 2.50 bits per heavy atom. The molecule has 2 fully saturated rings. The summed E-state index contributed by atoms with van der Waals surface area (Å²) in [5, 5.41) is 0. The molecule has 18 heavy (non-hydrogen) atoms. The molecule has 98 valence electrons. The summed E-state index contributed by atoms with van der Waals surface area (Å²) in [6, 6.07) is 8.56. The molecule has 0 amide bonds. The molecule has 1 heterocycles. The molecule has 0 aromatic heterocycles. The van der Waals surface area contributed by atoms with E-state index >= 15 is 0 Å². The summed E-state index contributed by atoms with van der Waals surface area (Å²) in [4.78, 5) is 2.62. The molecule has 1 aromatic carbocycles. The highest BCUT2D eigenvalue weighted by atomic mass is 16.5. The van der Waals surface area contributed by atoms with E-state index in [2.05, 4.69) is 4.90 Å². The van der Waals surface area contributed by atoms with Crippen molar-refractivity contribution < 1.29 is 4.74 Å². The van der Waals surface area contributed by atoms with E-state index in [9.17, 15) is 0 Å². The third-order valence-electron chi connectivity index (χ3n) is 4.20. The first-order valence-corrected chi connectivity index (χ1v) is 7.07. The summed E-state index contributed by atoms with van der Waals surface area (Å²) in [6.07, 6.45) is 7.09. The normalized spacial score (nSPS) is 25.7. The van der Waals surface area contributed by atoms with Crippen molar-refractivity contribution in [2.75, 3.05) is 18.8 Å². The van der Waals surface area contributed by atoms with Gasteiger partial charge >= 0.3 is 0 Å². The second-order valence-electron chi connectivity index (χ2n) is 5.53. The van der Waals surface area contributed by atoms with Gasteiger partial charge in [-0.25, -0.2) is 0 Å². The van der Waals surface area contributed by atoms with Crippen molar-refractivity contribution in [3.63, 3.8) is 0 Å². The molecule has 3 rings (SSSR count). The van der Waals surface area contributed by atoms with Gasteiger partial charge < -0.3 is 10.5 Å². The first-order valence-electron chi connectivity index (χ1n) is 7.07. The van der Waals surface area contributed by atoms with Crippen LogP contribution in [0.15, 0.2) is 24.3 Å². The van der Waals surface area contributed by atoms with E-state index in [-0.39, 0.29) is 0 Å². The van der Waals surface area contributed by atoms with Crippen molar-refractivity contribution in [1.29, 1.82) is 0 Å². The summed E-state index contributed by atoms with van der Waals surface area (Å²) in [6.45, 7) is 2.29. The van der Waals surface area contributed by atoms with Crippen LogP contribution in [-0.4, -0.2) is 30.1 Å². The summed E-state index contributed by atoms with van der Waals surface area (Å²) in [5.41, 5.74) is 6.47. The van der Waals surface area contributed by atoms with Crippen LogP contribution < -0.4 is 10.5 Å². The molecule has 1 atom stereocenters. The fraction of sp³-hybridized carbons (Fsp3) is 0.600. The standard InChI is InChI=1S/C15H22N2O/c16-12-5-7-14(8-6-12)18-15-9-10-17(11-15)13-3-1-2-4-13/h5-8,13,15H,1-4,9-11,16H2. The number of nitrogens with two attached hydrogens (primary N) is 1. The molecule has 2 N–H and O–H groups in total. The molecule has 1 aliphatic carbocycles. The van der Waals surface area contributed by atoms with E-state index in [1.807, 2.05) is 24.3 Å². The monoisotopic (exact) mass is 246 g/mol. The highest BCUT2D eigenvalue weighted by Crippen LogP contribution is 2.28. The molecule has 0 spiro atoms. The van der Waals surface area contributed by atoms with Crippen LogP contribution in [0, 0.1) is 0 Å². The van der Waals surface area contributed by atoms with Gasteiger partial charge in [0.2, 0.25) is 0 Å². The number of hydrogen-bond donors (Lipinski definition) is 1. The van der Waals surface area contributed by atoms with E-state index in [1.165, 1.54) is 32.2 Å². The van der Waals surface area contributed by atoms with Gasteiger partial charge in [0, 0.05) is 24.8 Å². The first-order chi connectivity index (χ1) is 8.81. The van der Waals surface area contributed by atoms with Gasteiger partial charge in [0.1, 0.15) is 11.9 Å². The van der Waals surface area contributed by atoms with Crippen LogP contribution in [0.3, 0.4) is 0 Å². The molecule has 1 saturated carbocycles. The maximum Gasteiger partial charge on any atom is 0.119 e. The van der Waals surface area contributed by atoms with Crippen LogP contribution >= 0.6 is 0 Å². The molecular weight excluding hydrogens is 224 g/mol. The SMILES string of the molecule is Nc1ccc(OC2CCN(C3CCCC3)C2)cc1. The highest BCUT2D eigenvalue weighted by Gasteiger charge is 2.30. The van der Waals surface area contributed by atoms with Crippen molar-refractivity contribution in [3.8, 4) is 5.75 Å². The lowest BCUT2D eigenvalue weighted by Crippen LogP contribution is -2.32. The first kappa shape index (κ1) is 11.8. The number of anilines is 1. The smallest absolute Gasteiger partial charge is 0.119 e. The topological polar surface area (TPSA) is 38.5 Å². The predicted molar refractivity (Wildman–Crippen MR) is 73.7 cm³/mol. The van der Waals surface area contributed by atoms with Crippen molar-refractivity contribution in [1.82, 2.24) is 4.90 Å². The van der Waals surface area contributed by atoms with Crippen LogP contribution in [0.1, 0.15) is 32.1 Å². The number of benzene rings is 1.